The highest BCUT2D eigenvalue weighted by Crippen LogP contribution is 2.17. The van der Waals surface area contributed by atoms with E-state index in [0.717, 1.165) is 30.0 Å². The lowest BCUT2D eigenvalue weighted by Crippen LogP contribution is -2.39. The van der Waals surface area contributed by atoms with Gasteiger partial charge in [-0.15, -0.1) is 0 Å². The zero-order valence-electron chi connectivity index (χ0n) is 14.6. The van der Waals surface area contributed by atoms with Crippen molar-refractivity contribution in [3.8, 4) is 0 Å². The minimum atomic E-state index is -0.215. The summed E-state index contributed by atoms with van der Waals surface area (Å²) in [5.74, 6) is 0.608. The molecule has 1 heterocycles. The molecule has 0 amide bonds. The number of halogens is 1. The minimum Gasteiger partial charge on any atom is -0.361 e. The van der Waals surface area contributed by atoms with E-state index in [1.165, 1.54) is 23.1 Å². The molecular weight excluding hydrogens is 315 g/mol. The fraction of sp³-hybridized carbons (Fsp3) is 0.250. The Morgan fingerprint density at radius 3 is 2.68 bits per heavy atom. The Labute approximate surface area is 147 Å². The van der Waals surface area contributed by atoms with Crippen molar-refractivity contribution in [2.24, 2.45) is 4.99 Å². The number of aromatic nitrogens is 1. The third-order valence-corrected chi connectivity index (χ3v) is 4.26. The van der Waals surface area contributed by atoms with Gasteiger partial charge in [0.1, 0.15) is 5.82 Å². The van der Waals surface area contributed by atoms with Crippen LogP contribution >= 0.6 is 0 Å². The van der Waals surface area contributed by atoms with Crippen molar-refractivity contribution in [1.82, 2.24) is 15.2 Å². The van der Waals surface area contributed by atoms with Gasteiger partial charge in [0.05, 0.1) is 0 Å². The van der Waals surface area contributed by atoms with Crippen LogP contribution in [0.5, 0.6) is 0 Å². The van der Waals surface area contributed by atoms with Gasteiger partial charge in [0, 0.05) is 44.3 Å². The topological polar surface area (TPSA) is 43.4 Å². The van der Waals surface area contributed by atoms with E-state index in [1.54, 1.807) is 19.2 Å². The van der Waals surface area contributed by atoms with Crippen molar-refractivity contribution < 1.29 is 4.39 Å². The van der Waals surface area contributed by atoms with Crippen molar-refractivity contribution in [2.75, 3.05) is 20.6 Å². The Balaban J connectivity index is 1.56. The smallest absolute Gasteiger partial charge is 0.193 e. The molecule has 5 heteroatoms. The summed E-state index contributed by atoms with van der Waals surface area (Å²) in [6, 6.07) is 14.9. The maximum atomic E-state index is 13.0. The first kappa shape index (κ1) is 17.0. The van der Waals surface area contributed by atoms with Crippen LogP contribution in [-0.4, -0.2) is 36.5 Å². The number of rotatable bonds is 5. The normalized spacial score (nSPS) is 11.7. The standard InChI is InChI=1S/C20H23FN4/c1-22-20(25(2)14-15-7-9-17(21)10-8-15)23-12-11-16-13-24-19-6-4-3-5-18(16)19/h3-10,13,24H,11-12,14H2,1-2H3,(H,22,23). The number of para-hydroxylation sites is 1. The lowest BCUT2D eigenvalue weighted by molar-refractivity contribution is 0.476. The predicted octanol–water partition coefficient (Wildman–Crippen LogP) is 3.56. The zero-order valence-corrected chi connectivity index (χ0v) is 14.6. The highest BCUT2D eigenvalue weighted by molar-refractivity contribution is 5.83. The number of aromatic amines is 1. The van der Waals surface area contributed by atoms with Crippen LogP contribution in [0.25, 0.3) is 10.9 Å². The lowest BCUT2D eigenvalue weighted by atomic mass is 10.1. The molecule has 0 bridgehead atoms. The number of hydrogen-bond donors (Lipinski definition) is 2. The molecule has 0 aliphatic heterocycles. The molecule has 0 saturated carbocycles. The van der Waals surface area contributed by atoms with Crippen LogP contribution in [0.4, 0.5) is 4.39 Å². The highest BCUT2D eigenvalue weighted by atomic mass is 19.1. The second-order valence-electron chi connectivity index (χ2n) is 6.07. The molecule has 3 aromatic rings. The van der Waals surface area contributed by atoms with Crippen LogP contribution in [0, 0.1) is 5.82 Å². The van der Waals surface area contributed by atoms with Crippen molar-refractivity contribution in [3.63, 3.8) is 0 Å². The Hall–Kier alpha value is -2.82. The summed E-state index contributed by atoms with van der Waals surface area (Å²) in [5, 5.41) is 4.65. The third-order valence-electron chi connectivity index (χ3n) is 4.26. The Bertz CT molecular complexity index is 852. The number of aliphatic imine (C=N–C) groups is 1. The summed E-state index contributed by atoms with van der Waals surface area (Å²) < 4.78 is 13.0. The molecule has 0 unspecified atom stereocenters. The van der Waals surface area contributed by atoms with Gasteiger partial charge >= 0.3 is 0 Å². The molecule has 2 aromatic carbocycles. The van der Waals surface area contributed by atoms with Gasteiger partial charge in [-0.3, -0.25) is 4.99 Å². The van der Waals surface area contributed by atoms with Crippen LogP contribution in [0.3, 0.4) is 0 Å². The second-order valence-corrected chi connectivity index (χ2v) is 6.07. The summed E-state index contributed by atoms with van der Waals surface area (Å²) in [6.07, 6.45) is 2.98. The first-order valence-corrected chi connectivity index (χ1v) is 8.38. The van der Waals surface area contributed by atoms with E-state index < -0.39 is 0 Å². The molecule has 0 radical (unpaired) electrons. The number of nitrogens with zero attached hydrogens (tertiary/aromatic N) is 2. The number of benzene rings is 2. The molecule has 4 nitrogen and oxygen atoms in total. The second kappa shape index (κ2) is 7.83. The lowest BCUT2D eigenvalue weighted by Gasteiger charge is -2.22. The van der Waals surface area contributed by atoms with Crippen LogP contribution < -0.4 is 5.32 Å². The van der Waals surface area contributed by atoms with Gasteiger partial charge in [0.2, 0.25) is 0 Å². The molecule has 1 aromatic heterocycles. The highest BCUT2D eigenvalue weighted by Gasteiger charge is 2.08. The van der Waals surface area contributed by atoms with E-state index in [0.29, 0.717) is 6.54 Å². The zero-order chi connectivity index (χ0) is 17.6. The van der Waals surface area contributed by atoms with E-state index in [9.17, 15) is 4.39 Å². The van der Waals surface area contributed by atoms with E-state index in [4.69, 9.17) is 0 Å². The predicted molar refractivity (Wildman–Crippen MR) is 101 cm³/mol. The molecule has 3 rings (SSSR count). The third kappa shape index (κ3) is 4.18. The summed E-state index contributed by atoms with van der Waals surface area (Å²) in [6.45, 7) is 1.47. The van der Waals surface area contributed by atoms with Crippen molar-refractivity contribution in [2.45, 2.75) is 13.0 Å². The monoisotopic (exact) mass is 338 g/mol. The molecule has 0 fully saturated rings. The largest absolute Gasteiger partial charge is 0.361 e. The van der Waals surface area contributed by atoms with Gasteiger partial charge in [-0.1, -0.05) is 30.3 Å². The Morgan fingerprint density at radius 2 is 1.92 bits per heavy atom. The van der Waals surface area contributed by atoms with E-state index >= 15 is 0 Å². The van der Waals surface area contributed by atoms with Crippen LogP contribution in [-0.2, 0) is 13.0 Å². The molecule has 2 N–H and O–H groups in total. The van der Waals surface area contributed by atoms with Crippen LogP contribution in [0.2, 0.25) is 0 Å². The maximum absolute atomic E-state index is 13.0. The Kier molecular flexibility index (Phi) is 5.33. The Morgan fingerprint density at radius 1 is 1.16 bits per heavy atom. The molecule has 0 atom stereocenters. The van der Waals surface area contributed by atoms with E-state index in [1.807, 2.05) is 18.0 Å². The summed E-state index contributed by atoms with van der Waals surface area (Å²) in [4.78, 5) is 9.66. The van der Waals surface area contributed by atoms with Crippen LogP contribution in [0.15, 0.2) is 59.7 Å². The minimum absolute atomic E-state index is 0.215. The average molecular weight is 338 g/mol. The SMILES string of the molecule is CN=C(NCCc1c[nH]c2ccccc12)N(C)Cc1ccc(F)cc1. The van der Waals surface area contributed by atoms with E-state index in [2.05, 4.69) is 39.7 Å². The average Bonchev–Trinajstić information content (AvgIpc) is 3.04. The molecule has 0 aliphatic carbocycles. The summed E-state index contributed by atoms with van der Waals surface area (Å²) in [5.41, 5.74) is 3.50. The molecule has 0 saturated heterocycles. The van der Waals surface area contributed by atoms with Crippen molar-refractivity contribution >= 4 is 16.9 Å². The molecular formula is C20H23FN4. The molecule has 0 spiro atoms. The fourth-order valence-corrected chi connectivity index (χ4v) is 2.97. The fourth-order valence-electron chi connectivity index (χ4n) is 2.97. The summed E-state index contributed by atoms with van der Waals surface area (Å²) in [7, 11) is 3.75. The van der Waals surface area contributed by atoms with Gasteiger partial charge in [0.25, 0.3) is 0 Å². The number of hydrogen-bond acceptors (Lipinski definition) is 1. The number of nitrogens with one attached hydrogen (secondary N) is 2. The van der Waals surface area contributed by atoms with E-state index in [-0.39, 0.29) is 5.82 Å². The summed E-state index contributed by atoms with van der Waals surface area (Å²) >= 11 is 0. The number of H-pyrrole nitrogens is 1. The van der Waals surface area contributed by atoms with Gasteiger partial charge in [0.15, 0.2) is 5.96 Å². The molecule has 0 aliphatic rings. The number of guanidine groups is 1. The maximum Gasteiger partial charge on any atom is 0.193 e. The van der Waals surface area contributed by atoms with Gasteiger partial charge in [-0.2, -0.15) is 0 Å². The van der Waals surface area contributed by atoms with Gasteiger partial charge < -0.3 is 15.2 Å². The first-order valence-electron chi connectivity index (χ1n) is 8.38. The van der Waals surface area contributed by atoms with Crippen molar-refractivity contribution in [3.05, 3.63) is 71.7 Å². The first-order chi connectivity index (χ1) is 12.2. The van der Waals surface area contributed by atoms with Gasteiger partial charge in [-0.25, -0.2) is 4.39 Å². The van der Waals surface area contributed by atoms with Crippen LogP contribution in [0.1, 0.15) is 11.1 Å². The molecule has 25 heavy (non-hydrogen) atoms. The molecule has 130 valence electrons. The van der Waals surface area contributed by atoms with Gasteiger partial charge in [-0.05, 0) is 35.7 Å². The number of fused-ring (bicyclic) bond motifs is 1. The quantitative estimate of drug-likeness (QED) is 0.552. The van der Waals surface area contributed by atoms with Crippen molar-refractivity contribution in [1.29, 1.82) is 0 Å².